The van der Waals surface area contributed by atoms with E-state index in [2.05, 4.69) is 5.10 Å². The summed E-state index contributed by atoms with van der Waals surface area (Å²) < 4.78 is 38.4. The highest BCUT2D eigenvalue weighted by molar-refractivity contribution is 5.28. The molecule has 0 saturated carbocycles. The van der Waals surface area contributed by atoms with Crippen LogP contribution in [0.15, 0.2) is 0 Å². The Morgan fingerprint density at radius 2 is 1.86 bits per heavy atom. The Labute approximate surface area is 79.7 Å². The molecular weight excluding hydrogens is 195 g/mol. The first-order chi connectivity index (χ1) is 6.25. The van der Waals surface area contributed by atoms with Crippen LogP contribution in [-0.2, 0) is 7.05 Å². The molecule has 1 aromatic rings. The summed E-state index contributed by atoms with van der Waals surface area (Å²) in [6.45, 7) is 3.09. The molecule has 0 aromatic carbocycles. The lowest BCUT2D eigenvalue weighted by Gasteiger charge is -2.15. The van der Waals surface area contributed by atoms with Gasteiger partial charge in [0.1, 0.15) is 6.04 Å². The van der Waals surface area contributed by atoms with E-state index < -0.39 is 12.2 Å². The molecular formula is C8H12F3N3. The molecule has 0 bridgehead atoms. The second-order valence-electron chi connectivity index (χ2n) is 3.23. The molecule has 0 spiro atoms. The van der Waals surface area contributed by atoms with Gasteiger partial charge in [-0.3, -0.25) is 4.68 Å². The zero-order chi connectivity index (χ0) is 11.1. The largest absolute Gasteiger partial charge is 0.407 e. The van der Waals surface area contributed by atoms with Crippen LogP contribution in [-0.4, -0.2) is 16.0 Å². The van der Waals surface area contributed by atoms with Crippen LogP contribution in [0.5, 0.6) is 0 Å². The van der Waals surface area contributed by atoms with E-state index in [1.165, 1.54) is 11.6 Å². The maximum absolute atomic E-state index is 12.3. The van der Waals surface area contributed by atoms with Gasteiger partial charge in [-0.05, 0) is 13.8 Å². The molecule has 0 amide bonds. The molecule has 1 heterocycles. The molecule has 0 aliphatic heterocycles. The highest BCUT2D eigenvalue weighted by Crippen LogP contribution is 2.33. The van der Waals surface area contributed by atoms with Crippen LogP contribution >= 0.6 is 0 Å². The van der Waals surface area contributed by atoms with Gasteiger partial charge in [-0.2, -0.15) is 18.3 Å². The average Bonchev–Trinajstić information content (AvgIpc) is 2.24. The van der Waals surface area contributed by atoms with Crippen LogP contribution in [0.25, 0.3) is 0 Å². The van der Waals surface area contributed by atoms with Crippen molar-refractivity contribution in [1.29, 1.82) is 0 Å². The standard InChI is InChI=1S/C8H12F3N3/c1-4-6(5(2)14(3)13-4)7(12)8(9,10)11/h7H,12H2,1-3H3/t7-/m1/s1. The van der Waals surface area contributed by atoms with Gasteiger partial charge in [0, 0.05) is 18.3 Å². The lowest BCUT2D eigenvalue weighted by molar-refractivity contribution is -0.149. The first-order valence-corrected chi connectivity index (χ1v) is 4.07. The van der Waals surface area contributed by atoms with Crippen molar-refractivity contribution in [1.82, 2.24) is 9.78 Å². The highest BCUT2D eigenvalue weighted by Gasteiger charge is 2.40. The van der Waals surface area contributed by atoms with Crippen molar-refractivity contribution in [3.05, 3.63) is 17.0 Å². The Hall–Kier alpha value is -1.04. The molecule has 80 valence electrons. The Morgan fingerprint density at radius 1 is 1.36 bits per heavy atom. The van der Waals surface area contributed by atoms with Crippen LogP contribution in [0.2, 0.25) is 0 Å². The van der Waals surface area contributed by atoms with Gasteiger partial charge in [-0.1, -0.05) is 0 Å². The number of nitrogens with zero attached hydrogens (tertiary/aromatic N) is 2. The Morgan fingerprint density at radius 3 is 2.14 bits per heavy atom. The number of alkyl halides is 3. The third kappa shape index (κ3) is 1.75. The minimum absolute atomic E-state index is 0.0694. The van der Waals surface area contributed by atoms with Crippen molar-refractivity contribution in [3.63, 3.8) is 0 Å². The molecule has 1 rings (SSSR count). The molecule has 2 N–H and O–H groups in total. The van der Waals surface area contributed by atoms with E-state index in [-0.39, 0.29) is 5.56 Å². The lowest BCUT2D eigenvalue weighted by Crippen LogP contribution is -2.29. The van der Waals surface area contributed by atoms with Crippen molar-refractivity contribution >= 4 is 0 Å². The predicted octanol–water partition coefficient (Wildman–Crippen LogP) is 1.60. The van der Waals surface area contributed by atoms with E-state index in [0.717, 1.165) is 0 Å². The normalized spacial score (nSPS) is 14.5. The number of halogens is 3. The van der Waals surface area contributed by atoms with Gasteiger partial charge in [0.05, 0.1) is 5.69 Å². The van der Waals surface area contributed by atoms with Crippen LogP contribution in [0, 0.1) is 13.8 Å². The summed E-state index contributed by atoms with van der Waals surface area (Å²) in [5.74, 6) is 0. The molecule has 14 heavy (non-hydrogen) atoms. The maximum Gasteiger partial charge on any atom is 0.407 e. The summed E-state index contributed by atoms with van der Waals surface area (Å²) in [7, 11) is 1.59. The van der Waals surface area contributed by atoms with Gasteiger partial charge in [0.2, 0.25) is 0 Å². The van der Waals surface area contributed by atoms with E-state index in [1.807, 2.05) is 0 Å². The Balaban J connectivity index is 3.19. The van der Waals surface area contributed by atoms with E-state index in [4.69, 9.17) is 5.73 Å². The van der Waals surface area contributed by atoms with Gasteiger partial charge < -0.3 is 5.73 Å². The average molecular weight is 207 g/mol. The van der Waals surface area contributed by atoms with Gasteiger partial charge >= 0.3 is 6.18 Å². The molecule has 0 radical (unpaired) electrons. The fraction of sp³-hybridized carbons (Fsp3) is 0.625. The zero-order valence-corrected chi connectivity index (χ0v) is 8.18. The van der Waals surface area contributed by atoms with Crippen LogP contribution < -0.4 is 5.73 Å². The topological polar surface area (TPSA) is 43.8 Å². The molecule has 0 saturated heterocycles. The van der Waals surface area contributed by atoms with E-state index in [1.54, 1.807) is 14.0 Å². The molecule has 0 aliphatic carbocycles. The Bertz CT molecular complexity index is 340. The monoisotopic (exact) mass is 207 g/mol. The van der Waals surface area contributed by atoms with Crippen LogP contribution in [0.1, 0.15) is 23.0 Å². The fourth-order valence-corrected chi connectivity index (χ4v) is 1.40. The second kappa shape index (κ2) is 3.27. The summed E-state index contributed by atoms with van der Waals surface area (Å²) >= 11 is 0. The van der Waals surface area contributed by atoms with Gasteiger partial charge in [-0.15, -0.1) is 0 Å². The smallest absolute Gasteiger partial charge is 0.316 e. The molecule has 0 fully saturated rings. The predicted molar refractivity (Wildman–Crippen MR) is 45.7 cm³/mol. The Kier molecular flexibility index (Phi) is 2.58. The number of rotatable bonds is 1. The third-order valence-electron chi connectivity index (χ3n) is 2.23. The van der Waals surface area contributed by atoms with Crippen molar-refractivity contribution in [2.75, 3.05) is 0 Å². The first-order valence-electron chi connectivity index (χ1n) is 4.07. The van der Waals surface area contributed by atoms with E-state index >= 15 is 0 Å². The molecule has 1 atom stereocenters. The zero-order valence-electron chi connectivity index (χ0n) is 8.18. The van der Waals surface area contributed by atoms with Crippen LogP contribution in [0.4, 0.5) is 13.2 Å². The summed E-state index contributed by atoms with van der Waals surface area (Å²) in [6.07, 6.45) is -4.42. The fourth-order valence-electron chi connectivity index (χ4n) is 1.40. The first kappa shape index (κ1) is 11.0. The number of hydrogen-bond acceptors (Lipinski definition) is 2. The van der Waals surface area contributed by atoms with Crippen LogP contribution in [0.3, 0.4) is 0 Å². The number of nitrogens with two attached hydrogens (primary N) is 1. The summed E-state index contributed by atoms with van der Waals surface area (Å²) in [5, 5.41) is 3.88. The third-order valence-corrected chi connectivity index (χ3v) is 2.23. The molecule has 1 aromatic heterocycles. The van der Waals surface area contributed by atoms with E-state index in [9.17, 15) is 13.2 Å². The lowest BCUT2D eigenvalue weighted by atomic mass is 10.1. The maximum atomic E-state index is 12.3. The van der Waals surface area contributed by atoms with Crippen molar-refractivity contribution in [3.8, 4) is 0 Å². The number of aryl methyl sites for hydroxylation is 2. The van der Waals surface area contributed by atoms with Crippen molar-refractivity contribution in [2.24, 2.45) is 12.8 Å². The number of hydrogen-bond donors (Lipinski definition) is 1. The number of aromatic nitrogens is 2. The van der Waals surface area contributed by atoms with E-state index in [0.29, 0.717) is 11.4 Å². The minimum Gasteiger partial charge on any atom is -0.316 e. The van der Waals surface area contributed by atoms with Gasteiger partial charge in [-0.25, -0.2) is 0 Å². The summed E-state index contributed by atoms with van der Waals surface area (Å²) in [5.41, 5.74) is 5.96. The SMILES string of the molecule is Cc1nn(C)c(C)c1[C@@H](N)C(F)(F)F. The van der Waals surface area contributed by atoms with Crippen molar-refractivity contribution in [2.45, 2.75) is 26.1 Å². The molecule has 3 nitrogen and oxygen atoms in total. The molecule has 0 unspecified atom stereocenters. The van der Waals surface area contributed by atoms with Gasteiger partial charge in [0.15, 0.2) is 0 Å². The minimum atomic E-state index is -4.42. The summed E-state index contributed by atoms with van der Waals surface area (Å²) in [6, 6.07) is -1.95. The quantitative estimate of drug-likeness (QED) is 0.760. The molecule has 6 heteroatoms. The van der Waals surface area contributed by atoms with Gasteiger partial charge in [0.25, 0.3) is 0 Å². The van der Waals surface area contributed by atoms with Crippen molar-refractivity contribution < 1.29 is 13.2 Å². The highest BCUT2D eigenvalue weighted by atomic mass is 19.4. The summed E-state index contributed by atoms with van der Waals surface area (Å²) in [4.78, 5) is 0. The molecule has 0 aliphatic rings. The second-order valence-corrected chi connectivity index (χ2v) is 3.23.